The highest BCUT2D eigenvalue weighted by atomic mass is 79.9. The Morgan fingerprint density at radius 3 is 2.74 bits per heavy atom. The molecule has 6 nitrogen and oxygen atoms in total. The number of aromatic nitrogens is 2. The van der Waals surface area contributed by atoms with Crippen molar-refractivity contribution in [2.24, 2.45) is 7.05 Å². The van der Waals surface area contributed by atoms with E-state index in [4.69, 9.17) is 5.73 Å². The van der Waals surface area contributed by atoms with Gasteiger partial charge in [-0.1, -0.05) is 15.9 Å². The van der Waals surface area contributed by atoms with Gasteiger partial charge in [0, 0.05) is 17.7 Å². The third kappa shape index (κ3) is 3.14. The minimum Gasteiger partial charge on any atom is -0.398 e. The van der Waals surface area contributed by atoms with Crippen molar-refractivity contribution in [2.45, 2.75) is 11.4 Å². The second-order valence-electron chi connectivity index (χ2n) is 3.95. The van der Waals surface area contributed by atoms with Gasteiger partial charge in [0.2, 0.25) is 10.0 Å². The summed E-state index contributed by atoms with van der Waals surface area (Å²) in [6.45, 7) is 0.161. The molecule has 1 aromatic heterocycles. The molecule has 0 fully saturated rings. The van der Waals surface area contributed by atoms with Crippen LogP contribution in [0.25, 0.3) is 0 Å². The van der Waals surface area contributed by atoms with Crippen LogP contribution in [0.3, 0.4) is 0 Å². The highest BCUT2D eigenvalue weighted by Gasteiger charge is 2.17. The van der Waals surface area contributed by atoms with Gasteiger partial charge in [0.15, 0.2) is 0 Å². The lowest BCUT2D eigenvalue weighted by molar-refractivity contribution is 0.577. The van der Waals surface area contributed by atoms with Gasteiger partial charge in [0.1, 0.15) is 4.90 Å². The molecule has 19 heavy (non-hydrogen) atoms. The quantitative estimate of drug-likeness (QED) is 0.816. The number of anilines is 1. The molecule has 8 heteroatoms. The zero-order chi connectivity index (χ0) is 14.0. The zero-order valence-corrected chi connectivity index (χ0v) is 12.6. The Hall–Kier alpha value is -1.38. The summed E-state index contributed by atoms with van der Waals surface area (Å²) in [5, 5.41) is 3.97. The third-order valence-electron chi connectivity index (χ3n) is 2.63. The van der Waals surface area contributed by atoms with Crippen LogP contribution in [-0.2, 0) is 23.6 Å². The average molecular weight is 345 g/mol. The van der Waals surface area contributed by atoms with Gasteiger partial charge in [-0.3, -0.25) is 4.68 Å². The summed E-state index contributed by atoms with van der Waals surface area (Å²) < 4.78 is 29.1. The normalized spacial score (nSPS) is 11.7. The summed E-state index contributed by atoms with van der Waals surface area (Å²) in [5.41, 5.74) is 6.68. The Morgan fingerprint density at radius 1 is 1.42 bits per heavy atom. The predicted molar refractivity (Wildman–Crippen MR) is 75.8 cm³/mol. The van der Waals surface area contributed by atoms with Crippen LogP contribution in [-0.4, -0.2) is 18.2 Å². The van der Waals surface area contributed by atoms with E-state index in [0.29, 0.717) is 0 Å². The van der Waals surface area contributed by atoms with E-state index in [1.807, 2.05) is 0 Å². The fraction of sp³-hybridized carbons (Fsp3) is 0.182. The number of hydrogen-bond acceptors (Lipinski definition) is 4. The molecule has 102 valence electrons. The summed E-state index contributed by atoms with van der Waals surface area (Å²) in [4.78, 5) is 0.0675. The number of rotatable bonds is 4. The Balaban J connectivity index is 2.21. The van der Waals surface area contributed by atoms with E-state index in [9.17, 15) is 8.42 Å². The number of benzene rings is 1. The third-order valence-corrected chi connectivity index (χ3v) is 4.60. The molecular weight excluding hydrogens is 332 g/mol. The minimum absolute atomic E-state index is 0.0675. The Labute approximate surface area is 119 Å². The van der Waals surface area contributed by atoms with E-state index < -0.39 is 10.0 Å². The van der Waals surface area contributed by atoms with Crippen molar-refractivity contribution in [3.63, 3.8) is 0 Å². The molecule has 0 spiro atoms. The van der Waals surface area contributed by atoms with Crippen LogP contribution in [0.15, 0.2) is 39.8 Å². The molecule has 0 atom stereocenters. The first-order valence-electron chi connectivity index (χ1n) is 5.42. The van der Waals surface area contributed by atoms with Crippen molar-refractivity contribution in [3.8, 4) is 0 Å². The van der Waals surface area contributed by atoms with Gasteiger partial charge in [0.25, 0.3) is 0 Å². The highest BCUT2D eigenvalue weighted by Crippen LogP contribution is 2.22. The van der Waals surface area contributed by atoms with Crippen LogP contribution in [0, 0.1) is 0 Å². The maximum Gasteiger partial charge on any atom is 0.242 e. The molecule has 0 saturated carbocycles. The molecule has 1 aromatic carbocycles. The van der Waals surface area contributed by atoms with Gasteiger partial charge in [-0.15, -0.1) is 0 Å². The van der Waals surface area contributed by atoms with Crippen LogP contribution >= 0.6 is 15.9 Å². The number of nitrogen functional groups attached to an aromatic ring is 1. The van der Waals surface area contributed by atoms with Gasteiger partial charge >= 0.3 is 0 Å². The molecule has 0 aliphatic heterocycles. The monoisotopic (exact) mass is 344 g/mol. The largest absolute Gasteiger partial charge is 0.398 e. The van der Waals surface area contributed by atoms with E-state index in [1.165, 1.54) is 6.07 Å². The number of halogens is 1. The Bertz CT molecular complexity index is 696. The fourth-order valence-corrected chi connectivity index (χ4v) is 3.07. The number of hydrogen-bond donors (Lipinski definition) is 2. The number of nitrogens with one attached hydrogen (secondary N) is 1. The molecule has 3 N–H and O–H groups in total. The van der Waals surface area contributed by atoms with Crippen molar-refractivity contribution in [1.29, 1.82) is 0 Å². The van der Waals surface area contributed by atoms with Crippen molar-refractivity contribution in [2.75, 3.05) is 5.73 Å². The zero-order valence-electron chi connectivity index (χ0n) is 10.2. The van der Waals surface area contributed by atoms with E-state index in [0.717, 1.165) is 10.2 Å². The highest BCUT2D eigenvalue weighted by molar-refractivity contribution is 9.10. The minimum atomic E-state index is -3.64. The van der Waals surface area contributed by atoms with Gasteiger partial charge in [-0.25, -0.2) is 13.1 Å². The van der Waals surface area contributed by atoms with Crippen molar-refractivity contribution < 1.29 is 8.42 Å². The first kappa shape index (κ1) is 14.0. The molecule has 2 aromatic rings. The molecule has 0 aliphatic carbocycles. The summed E-state index contributed by atoms with van der Waals surface area (Å²) in [6, 6.07) is 6.39. The first-order valence-corrected chi connectivity index (χ1v) is 7.69. The van der Waals surface area contributed by atoms with Crippen molar-refractivity contribution in [3.05, 3.63) is 40.6 Å². The second kappa shape index (κ2) is 5.32. The predicted octanol–water partition coefficient (Wildman–Crippen LogP) is 1.24. The number of nitrogens with two attached hydrogens (primary N) is 1. The van der Waals surface area contributed by atoms with Crippen molar-refractivity contribution in [1.82, 2.24) is 14.5 Å². The molecule has 1 heterocycles. The van der Waals surface area contributed by atoms with Gasteiger partial charge < -0.3 is 5.73 Å². The van der Waals surface area contributed by atoms with E-state index in [-0.39, 0.29) is 17.1 Å². The molecular formula is C11H13BrN4O2S. The van der Waals surface area contributed by atoms with Gasteiger partial charge in [0.05, 0.1) is 17.9 Å². The lowest BCUT2D eigenvalue weighted by Gasteiger charge is -2.09. The standard InChI is InChI=1S/C11H13BrN4O2S/c1-16-9(4-5-14-16)7-15-19(17,18)11-3-2-8(12)6-10(11)13/h2-6,15H,7,13H2,1H3. The van der Waals surface area contributed by atoms with Gasteiger partial charge in [-0.05, 0) is 24.3 Å². The average Bonchev–Trinajstić information content (AvgIpc) is 2.72. The smallest absolute Gasteiger partial charge is 0.242 e. The van der Waals surface area contributed by atoms with Crippen LogP contribution in [0.2, 0.25) is 0 Å². The number of aryl methyl sites for hydroxylation is 1. The summed E-state index contributed by atoms with van der Waals surface area (Å²) in [7, 11) is -1.89. The molecule has 0 amide bonds. The lowest BCUT2D eigenvalue weighted by Crippen LogP contribution is -2.25. The summed E-state index contributed by atoms with van der Waals surface area (Å²) in [5.74, 6) is 0. The number of nitrogens with zero attached hydrogens (tertiary/aromatic N) is 2. The summed E-state index contributed by atoms with van der Waals surface area (Å²) >= 11 is 3.24. The summed E-state index contributed by atoms with van der Waals surface area (Å²) in [6.07, 6.45) is 1.61. The Kier molecular flexibility index (Phi) is 3.93. The topological polar surface area (TPSA) is 90.0 Å². The lowest BCUT2D eigenvalue weighted by atomic mass is 10.3. The maximum absolute atomic E-state index is 12.1. The molecule has 0 unspecified atom stereocenters. The Morgan fingerprint density at radius 2 is 2.16 bits per heavy atom. The fourth-order valence-electron chi connectivity index (χ4n) is 1.59. The second-order valence-corrected chi connectivity index (χ2v) is 6.60. The van der Waals surface area contributed by atoms with Crippen LogP contribution in [0.4, 0.5) is 5.69 Å². The van der Waals surface area contributed by atoms with E-state index in [2.05, 4.69) is 25.8 Å². The molecule has 2 rings (SSSR count). The van der Waals surface area contributed by atoms with Gasteiger partial charge in [-0.2, -0.15) is 5.10 Å². The van der Waals surface area contributed by atoms with Crippen LogP contribution in [0.1, 0.15) is 5.69 Å². The van der Waals surface area contributed by atoms with E-state index >= 15 is 0 Å². The van der Waals surface area contributed by atoms with Crippen LogP contribution < -0.4 is 10.5 Å². The molecule has 0 radical (unpaired) electrons. The SMILES string of the molecule is Cn1nccc1CNS(=O)(=O)c1ccc(Br)cc1N. The molecule has 0 aliphatic rings. The molecule has 0 bridgehead atoms. The van der Waals surface area contributed by atoms with E-state index in [1.54, 1.807) is 36.1 Å². The first-order chi connectivity index (χ1) is 8.90. The number of sulfonamides is 1. The van der Waals surface area contributed by atoms with Crippen molar-refractivity contribution >= 4 is 31.6 Å². The molecule has 0 saturated heterocycles. The van der Waals surface area contributed by atoms with Crippen LogP contribution in [0.5, 0.6) is 0 Å². The maximum atomic E-state index is 12.1.